The van der Waals surface area contributed by atoms with Crippen LogP contribution in [0, 0.1) is 0 Å². The summed E-state index contributed by atoms with van der Waals surface area (Å²) in [6, 6.07) is 5.75. The van der Waals surface area contributed by atoms with Crippen LogP contribution in [0.25, 0.3) is 11.3 Å². The Kier molecular flexibility index (Phi) is 4.33. The number of aromatic nitrogens is 5. The van der Waals surface area contributed by atoms with Crippen molar-refractivity contribution in [3.63, 3.8) is 0 Å². The molecule has 0 aromatic carbocycles. The third-order valence-electron chi connectivity index (χ3n) is 4.53. The SMILES string of the molecule is CCn1cc(S(=O)(=O)N2CCCn3nc(-c4ccncc4)cc3C2)cn1. The van der Waals surface area contributed by atoms with E-state index in [1.54, 1.807) is 23.3 Å². The monoisotopic (exact) mass is 372 g/mol. The second-order valence-electron chi connectivity index (χ2n) is 6.20. The Morgan fingerprint density at radius 1 is 1.19 bits per heavy atom. The largest absolute Gasteiger partial charge is 0.272 e. The Morgan fingerprint density at radius 3 is 2.73 bits per heavy atom. The Bertz CT molecular complexity index is 1010. The van der Waals surface area contributed by atoms with Crippen LogP contribution in [0.3, 0.4) is 0 Å². The lowest BCUT2D eigenvalue weighted by atomic mass is 10.2. The lowest BCUT2D eigenvalue weighted by Gasteiger charge is -2.18. The van der Waals surface area contributed by atoms with Crippen molar-refractivity contribution < 1.29 is 8.42 Å². The number of hydrogen-bond acceptors (Lipinski definition) is 5. The minimum absolute atomic E-state index is 0.238. The van der Waals surface area contributed by atoms with Crippen LogP contribution in [0.2, 0.25) is 0 Å². The highest BCUT2D eigenvalue weighted by atomic mass is 32.2. The quantitative estimate of drug-likeness (QED) is 0.696. The molecule has 3 aromatic heterocycles. The van der Waals surface area contributed by atoms with E-state index in [0.29, 0.717) is 32.6 Å². The van der Waals surface area contributed by atoms with Gasteiger partial charge in [0.05, 0.1) is 24.1 Å². The summed E-state index contributed by atoms with van der Waals surface area (Å²) in [6.07, 6.45) is 7.17. The molecule has 4 rings (SSSR count). The van der Waals surface area contributed by atoms with E-state index >= 15 is 0 Å². The summed E-state index contributed by atoms with van der Waals surface area (Å²) in [5.41, 5.74) is 2.69. The number of pyridine rings is 1. The zero-order valence-electron chi connectivity index (χ0n) is 14.5. The zero-order valence-corrected chi connectivity index (χ0v) is 15.3. The first kappa shape index (κ1) is 16.9. The smallest absolute Gasteiger partial charge is 0.246 e. The lowest BCUT2D eigenvalue weighted by molar-refractivity contribution is 0.410. The Balaban J connectivity index is 1.64. The summed E-state index contributed by atoms with van der Waals surface area (Å²) in [5, 5.41) is 8.73. The molecule has 136 valence electrons. The summed E-state index contributed by atoms with van der Waals surface area (Å²) in [6.45, 7) is 4.03. The molecular weight excluding hydrogens is 352 g/mol. The molecular formula is C17H20N6O2S. The predicted octanol–water partition coefficient (Wildman–Crippen LogP) is 1.76. The average Bonchev–Trinajstić information content (AvgIpc) is 3.25. The Hall–Kier alpha value is -2.52. The van der Waals surface area contributed by atoms with Gasteiger partial charge in [-0.15, -0.1) is 0 Å². The Labute approximate surface area is 152 Å². The van der Waals surface area contributed by atoms with Crippen LogP contribution in [-0.4, -0.2) is 43.8 Å². The van der Waals surface area contributed by atoms with Gasteiger partial charge in [0.2, 0.25) is 10.0 Å². The first-order chi connectivity index (χ1) is 12.6. The second-order valence-corrected chi connectivity index (χ2v) is 8.14. The zero-order chi connectivity index (χ0) is 18.1. The molecule has 9 heteroatoms. The Morgan fingerprint density at radius 2 is 2.00 bits per heavy atom. The van der Waals surface area contributed by atoms with Crippen LogP contribution in [0.5, 0.6) is 0 Å². The van der Waals surface area contributed by atoms with Crippen LogP contribution in [0.4, 0.5) is 0 Å². The standard InChI is InChI=1S/C17H20N6O2S/c1-2-21-13-16(11-19-21)26(24,25)22-8-3-9-23-15(12-22)10-17(20-23)14-4-6-18-7-5-14/h4-7,10-11,13H,2-3,8-9,12H2,1H3. The van der Waals surface area contributed by atoms with E-state index in [2.05, 4.69) is 15.2 Å². The summed E-state index contributed by atoms with van der Waals surface area (Å²) in [4.78, 5) is 4.26. The van der Waals surface area contributed by atoms with E-state index in [0.717, 1.165) is 17.0 Å². The molecule has 1 aliphatic rings. The highest BCUT2D eigenvalue weighted by Crippen LogP contribution is 2.25. The molecule has 0 fully saturated rings. The molecule has 4 heterocycles. The van der Waals surface area contributed by atoms with Gasteiger partial charge in [-0.25, -0.2) is 8.42 Å². The molecule has 0 saturated carbocycles. The van der Waals surface area contributed by atoms with Crippen LogP contribution in [0.15, 0.2) is 47.9 Å². The summed E-state index contributed by atoms with van der Waals surface area (Å²) in [5.74, 6) is 0. The third-order valence-corrected chi connectivity index (χ3v) is 6.32. The number of hydrogen-bond donors (Lipinski definition) is 0. The molecule has 1 aliphatic heterocycles. The van der Waals surface area contributed by atoms with Crippen molar-refractivity contribution in [1.29, 1.82) is 0 Å². The predicted molar refractivity (Wildman–Crippen MR) is 95.6 cm³/mol. The van der Waals surface area contributed by atoms with Crippen LogP contribution in [0.1, 0.15) is 19.0 Å². The lowest BCUT2D eigenvalue weighted by Crippen LogP contribution is -2.30. The molecule has 0 atom stereocenters. The fourth-order valence-electron chi connectivity index (χ4n) is 3.10. The minimum atomic E-state index is -3.57. The minimum Gasteiger partial charge on any atom is -0.272 e. The molecule has 0 amide bonds. The summed E-state index contributed by atoms with van der Waals surface area (Å²) < 4.78 is 31.0. The third kappa shape index (κ3) is 3.04. The van der Waals surface area contributed by atoms with Crippen LogP contribution < -0.4 is 0 Å². The van der Waals surface area contributed by atoms with Gasteiger partial charge in [0.15, 0.2) is 0 Å². The number of sulfonamides is 1. The summed E-state index contributed by atoms with van der Waals surface area (Å²) in [7, 11) is -3.57. The van der Waals surface area contributed by atoms with Gasteiger partial charge < -0.3 is 0 Å². The molecule has 3 aromatic rings. The second kappa shape index (κ2) is 6.65. The molecule has 0 bridgehead atoms. The molecule has 26 heavy (non-hydrogen) atoms. The maximum atomic E-state index is 13.0. The van der Waals surface area contributed by atoms with Gasteiger partial charge in [0.1, 0.15) is 4.90 Å². The van der Waals surface area contributed by atoms with E-state index in [9.17, 15) is 8.42 Å². The van der Waals surface area contributed by atoms with E-state index in [1.165, 1.54) is 10.5 Å². The van der Waals surface area contributed by atoms with Gasteiger partial charge >= 0.3 is 0 Å². The normalized spacial score (nSPS) is 15.6. The van der Waals surface area contributed by atoms with E-state index in [-0.39, 0.29) is 4.90 Å². The molecule has 0 spiro atoms. The van der Waals surface area contributed by atoms with Gasteiger partial charge in [0, 0.05) is 43.8 Å². The van der Waals surface area contributed by atoms with E-state index in [1.807, 2.05) is 29.8 Å². The first-order valence-corrected chi connectivity index (χ1v) is 10.0. The van der Waals surface area contributed by atoms with Crippen molar-refractivity contribution in [3.05, 3.63) is 48.7 Å². The van der Waals surface area contributed by atoms with Crippen LogP contribution >= 0.6 is 0 Å². The van der Waals surface area contributed by atoms with E-state index in [4.69, 9.17) is 0 Å². The van der Waals surface area contributed by atoms with Gasteiger partial charge in [-0.3, -0.25) is 14.3 Å². The highest BCUT2D eigenvalue weighted by Gasteiger charge is 2.29. The number of rotatable bonds is 4. The summed E-state index contributed by atoms with van der Waals surface area (Å²) >= 11 is 0. The maximum absolute atomic E-state index is 13.0. The maximum Gasteiger partial charge on any atom is 0.246 e. The van der Waals surface area contributed by atoms with Crippen molar-refractivity contribution in [2.24, 2.45) is 0 Å². The van der Waals surface area contributed by atoms with Gasteiger partial charge in [-0.05, 0) is 31.5 Å². The first-order valence-electron chi connectivity index (χ1n) is 8.57. The fourth-order valence-corrected chi connectivity index (χ4v) is 4.51. The van der Waals surface area contributed by atoms with Gasteiger partial charge in [-0.1, -0.05) is 0 Å². The van der Waals surface area contributed by atoms with Crippen molar-refractivity contribution in [2.75, 3.05) is 6.54 Å². The number of aryl methyl sites for hydroxylation is 2. The molecule has 0 N–H and O–H groups in total. The molecule has 8 nitrogen and oxygen atoms in total. The molecule has 0 radical (unpaired) electrons. The molecule has 0 unspecified atom stereocenters. The van der Waals surface area contributed by atoms with Crippen LogP contribution in [-0.2, 0) is 29.7 Å². The van der Waals surface area contributed by atoms with Crippen molar-refractivity contribution in [2.45, 2.75) is 37.9 Å². The average molecular weight is 372 g/mol. The molecule has 0 aliphatic carbocycles. The molecule has 0 saturated heterocycles. The fraction of sp³-hybridized carbons (Fsp3) is 0.353. The van der Waals surface area contributed by atoms with Gasteiger partial charge in [0.25, 0.3) is 0 Å². The number of fused-ring (bicyclic) bond motifs is 1. The topological polar surface area (TPSA) is 85.9 Å². The van der Waals surface area contributed by atoms with E-state index < -0.39 is 10.0 Å². The van der Waals surface area contributed by atoms with Crippen molar-refractivity contribution in [3.8, 4) is 11.3 Å². The van der Waals surface area contributed by atoms with Gasteiger partial charge in [-0.2, -0.15) is 14.5 Å². The van der Waals surface area contributed by atoms with Crippen molar-refractivity contribution in [1.82, 2.24) is 28.9 Å². The number of nitrogens with zero attached hydrogens (tertiary/aromatic N) is 6. The van der Waals surface area contributed by atoms with Crippen molar-refractivity contribution >= 4 is 10.0 Å². The highest BCUT2D eigenvalue weighted by molar-refractivity contribution is 7.89.